The fourth-order valence-electron chi connectivity index (χ4n) is 7.84. The minimum Gasteiger partial charge on any atom is -0.505 e. The number of hydrogen-bond acceptors (Lipinski definition) is 32. The average Bonchev–Trinajstić information content (AvgIpc) is 0.861. The molecule has 0 saturated carbocycles. The van der Waals surface area contributed by atoms with Gasteiger partial charge in [-0.15, -0.1) is 14.6 Å². The van der Waals surface area contributed by atoms with Gasteiger partial charge in [0.05, 0.1) is 44.8 Å². The van der Waals surface area contributed by atoms with Gasteiger partial charge in [-0.3, -0.25) is 13.7 Å². The molecular weight excluding hydrogens is 1350 g/mol. The van der Waals surface area contributed by atoms with E-state index in [0.29, 0.717) is 16.8 Å². The van der Waals surface area contributed by atoms with E-state index in [1.165, 1.54) is 54.6 Å². The number of anilines is 8. The Kier molecular flexibility index (Phi) is 21.1. The number of phenols is 1. The van der Waals surface area contributed by atoms with Crippen LogP contribution in [0.25, 0.3) is 21.5 Å². The first kappa shape index (κ1) is 65.9. The molecular formula is C48H42Cl2N16O16S7. The molecule has 32 nitrogen and oxygen atoms in total. The van der Waals surface area contributed by atoms with Crippen LogP contribution in [-0.2, 0) is 54.0 Å². The van der Waals surface area contributed by atoms with E-state index in [1.807, 2.05) is 31.2 Å². The van der Waals surface area contributed by atoms with Gasteiger partial charge in [-0.05, 0) is 102 Å². The molecule has 0 aliphatic carbocycles. The van der Waals surface area contributed by atoms with Crippen LogP contribution >= 0.6 is 58.8 Å². The summed E-state index contributed by atoms with van der Waals surface area (Å²) in [5.41, 5.74) is 0.978. The highest BCUT2D eigenvalue weighted by Gasteiger charge is 2.25. The van der Waals surface area contributed by atoms with Crippen molar-refractivity contribution in [3.8, 4) is 5.75 Å². The number of hydrogen-bond donors (Lipinski definition) is 10. The molecule has 9 rings (SSSR count). The van der Waals surface area contributed by atoms with Gasteiger partial charge in [-0.25, -0.2) is 17.9 Å². The Morgan fingerprint density at radius 3 is 1.74 bits per heavy atom. The molecule has 0 fully saturated rings. The highest BCUT2D eigenvalue weighted by Crippen LogP contribution is 2.48. The second-order valence-corrected chi connectivity index (χ2v) is 27.3. The number of phenolic OH excluding ortho intramolecular Hbond substituents is 1. The first-order chi connectivity index (χ1) is 42.3. The van der Waals surface area contributed by atoms with Crippen LogP contribution < -0.4 is 26.6 Å². The Morgan fingerprint density at radius 1 is 0.596 bits per heavy atom. The lowest BCUT2D eigenvalue weighted by Crippen LogP contribution is -2.15. The zero-order valence-corrected chi connectivity index (χ0v) is 52.0. The Labute approximate surface area is 527 Å². The second kappa shape index (κ2) is 28.5. The van der Waals surface area contributed by atoms with E-state index in [1.54, 1.807) is 12.1 Å². The SMILES string of the molecule is Cc1ccc(Nc2nc(Cl)nc(NCCSc3nc(Nc4cc(S(=O)(=O)O)cc5cc(SOOO)c(N=Nc6ccc7ccccc7c6S(=O)(=O)O)c(O)c45)nc(SCCNc4nc(Cl)nc(Nc5ccc(S(=O)(=O)CCOS(=O)(=O)O)cc5)n4)n3)n2)cc1. The molecule has 466 valence electrons. The highest BCUT2D eigenvalue weighted by atomic mass is 35.5. The fraction of sp³-hybridized carbons (Fsp3) is 0.146. The number of aromatic hydroxyl groups is 1. The molecule has 3 heterocycles. The van der Waals surface area contributed by atoms with Gasteiger partial charge in [-0.1, -0.05) is 76.6 Å². The highest BCUT2D eigenvalue weighted by molar-refractivity contribution is 7.99. The maximum absolute atomic E-state index is 12.8. The van der Waals surface area contributed by atoms with Crippen molar-refractivity contribution in [3.05, 3.63) is 119 Å². The molecule has 0 unspecified atom stereocenters. The van der Waals surface area contributed by atoms with Gasteiger partial charge in [0, 0.05) is 46.7 Å². The van der Waals surface area contributed by atoms with Crippen LogP contribution in [0.5, 0.6) is 5.75 Å². The molecule has 0 radical (unpaired) electrons. The molecule has 0 saturated heterocycles. The van der Waals surface area contributed by atoms with E-state index in [2.05, 4.69) is 95.2 Å². The molecule has 9 aromatic rings. The van der Waals surface area contributed by atoms with Gasteiger partial charge in [0.15, 0.2) is 25.9 Å². The third-order valence-corrected chi connectivity index (χ3v) is 18.2. The van der Waals surface area contributed by atoms with Crippen LogP contribution in [0.3, 0.4) is 0 Å². The number of sulfone groups is 1. The van der Waals surface area contributed by atoms with Gasteiger partial charge in [0.2, 0.25) is 40.3 Å². The molecule has 3 aromatic heterocycles. The molecule has 0 amide bonds. The van der Waals surface area contributed by atoms with Crippen LogP contribution in [0, 0.1) is 6.92 Å². The standard InChI is InChI=1S/C48H42Cl2N16O16S7/c1-25-6-9-28(10-7-25)53-44-58-40(49)56-42(60-44)51-16-19-83-47-62-46(63-48(64-47)84-20-17-52-43-57-41(50)59-45(61-43)54-29-11-13-30(14-12-29)86(69,70)21-18-80-89(77,78)79)55-34-24-31(87(71,72)73)22-27-23-35(85-82-81-68)37(38(67)36(27)34)66-65-33-15-8-26-4-2-3-5-32(26)39(33)88(74,75)76/h2-15,22-24,67-68H,16-21H2,1H3,(H,71,72,73)(H,74,75,76)(H,77,78,79)(H,55,62,63,64)(H2,51,53,56,58,60)(H2,52,54,57,59,61). The Bertz CT molecular complexity index is 4640. The topological polar surface area (TPSA) is 466 Å². The number of aromatic nitrogens is 9. The van der Waals surface area contributed by atoms with E-state index in [9.17, 15) is 47.9 Å². The third-order valence-electron chi connectivity index (χ3n) is 11.6. The molecule has 0 aliphatic heterocycles. The predicted octanol–water partition coefficient (Wildman–Crippen LogP) is 9.44. The summed E-state index contributed by atoms with van der Waals surface area (Å²) in [5.74, 6) is -1.04. The van der Waals surface area contributed by atoms with E-state index >= 15 is 0 Å². The number of aryl methyl sites for hydroxylation is 1. The first-order valence-electron chi connectivity index (χ1n) is 24.8. The van der Waals surface area contributed by atoms with Gasteiger partial charge in [0.25, 0.3) is 20.2 Å². The maximum Gasteiger partial charge on any atom is 0.397 e. The number of rotatable bonds is 28. The van der Waals surface area contributed by atoms with Crippen LogP contribution in [0.4, 0.5) is 58.2 Å². The summed E-state index contributed by atoms with van der Waals surface area (Å²) in [5, 5.41) is 48.3. The van der Waals surface area contributed by atoms with Crippen LogP contribution in [-0.4, -0.2) is 140 Å². The summed E-state index contributed by atoms with van der Waals surface area (Å²) >= 11 is 15.0. The normalized spacial score (nSPS) is 12.2. The molecule has 89 heavy (non-hydrogen) atoms. The molecule has 6 aromatic carbocycles. The number of benzene rings is 6. The summed E-state index contributed by atoms with van der Waals surface area (Å²) in [6.45, 7) is 1.45. The van der Waals surface area contributed by atoms with Crippen molar-refractivity contribution in [2.45, 2.75) is 36.8 Å². The number of halogens is 2. The smallest absolute Gasteiger partial charge is 0.397 e. The zero-order valence-electron chi connectivity index (χ0n) is 44.8. The van der Waals surface area contributed by atoms with E-state index in [-0.39, 0.29) is 125 Å². The van der Waals surface area contributed by atoms with Crippen LogP contribution in [0.1, 0.15) is 5.56 Å². The minimum absolute atomic E-state index is 0.00263. The predicted molar refractivity (Wildman–Crippen MR) is 329 cm³/mol. The van der Waals surface area contributed by atoms with Crippen molar-refractivity contribution in [2.75, 3.05) is 63.5 Å². The average molecular weight is 1390 g/mol. The number of nitrogens with zero attached hydrogens (tertiary/aromatic N) is 11. The van der Waals surface area contributed by atoms with Crippen molar-refractivity contribution in [2.24, 2.45) is 10.2 Å². The molecule has 0 aliphatic rings. The summed E-state index contributed by atoms with van der Waals surface area (Å²) in [4.78, 5) is 37.3. The number of azo groups is 1. The summed E-state index contributed by atoms with van der Waals surface area (Å²) in [6, 6.07) is 24.8. The summed E-state index contributed by atoms with van der Waals surface area (Å²) < 4.78 is 136. The molecule has 0 atom stereocenters. The molecule has 41 heteroatoms. The van der Waals surface area contributed by atoms with Gasteiger partial charge >= 0.3 is 10.4 Å². The third kappa shape index (κ3) is 18.1. The number of nitrogens with one attached hydrogen (secondary N) is 5. The number of thioether (sulfide) groups is 2. The van der Waals surface area contributed by atoms with Crippen molar-refractivity contribution in [1.29, 1.82) is 0 Å². The van der Waals surface area contributed by atoms with Crippen molar-refractivity contribution in [1.82, 2.24) is 44.9 Å². The Morgan fingerprint density at radius 2 is 1.17 bits per heavy atom. The van der Waals surface area contributed by atoms with Gasteiger partial charge in [-0.2, -0.15) is 70.1 Å². The van der Waals surface area contributed by atoms with Crippen molar-refractivity contribution in [3.63, 3.8) is 0 Å². The van der Waals surface area contributed by atoms with Crippen LogP contribution in [0.15, 0.2) is 143 Å². The van der Waals surface area contributed by atoms with Gasteiger partial charge < -0.3 is 31.7 Å². The second-order valence-electron chi connectivity index (χ2n) is 17.8. The zero-order chi connectivity index (χ0) is 63.7. The van der Waals surface area contributed by atoms with E-state index in [4.69, 9.17) is 33.0 Å². The van der Waals surface area contributed by atoms with Crippen molar-refractivity contribution < 1.29 is 71.2 Å². The minimum atomic E-state index is -5.01. The molecule has 0 bridgehead atoms. The molecule has 0 spiro atoms. The summed E-state index contributed by atoms with van der Waals surface area (Å²) in [7, 11) is -18.8. The monoisotopic (exact) mass is 1390 g/mol. The Balaban J connectivity index is 0.995. The lowest BCUT2D eigenvalue weighted by molar-refractivity contribution is -0.432. The first-order valence-corrected chi connectivity index (χ1v) is 34.2. The lowest BCUT2D eigenvalue weighted by Gasteiger charge is -2.15. The summed E-state index contributed by atoms with van der Waals surface area (Å²) in [6.07, 6.45) is 0. The van der Waals surface area contributed by atoms with Gasteiger partial charge in [0.1, 0.15) is 16.3 Å². The largest absolute Gasteiger partial charge is 0.505 e. The van der Waals surface area contributed by atoms with Crippen molar-refractivity contribution >= 4 is 179 Å². The van der Waals surface area contributed by atoms with E-state index in [0.717, 1.165) is 41.2 Å². The van der Waals surface area contributed by atoms with E-state index < -0.39 is 74.1 Å². The van der Waals surface area contributed by atoms with Crippen LogP contribution in [0.2, 0.25) is 10.6 Å². The lowest BCUT2D eigenvalue weighted by atomic mass is 10.1. The fourth-order valence-corrected chi connectivity index (χ4v) is 13.0. The quantitative estimate of drug-likeness (QED) is 0.00415. The molecule has 10 N–H and O–H groups in total. The maximum atomic E-state index is 12.8. The number of fused-ring (bicyclic) bond motifs is 2. The Hall–Kier alpha value is -7.58.